The Morgan fingerprint density at radius 1 is 1.50 bits per heavy atom. The average Bonchev–Trinajstić information content (AvgIpc) is 2.92. The zero-order valence-electron chi connectivity index (χ0n) is 10.5. The van der Waals surface area contributed by atoms with Gasteiger partial charge in [0.1, 0.15) is 5.69 Å². The van der Waals surface area contributed by atoms with Crippen molar-refractivity contribution in [1.29, 1.82) is 0 Å². The molecule has 1 atom stereocenters. The molecule has 18 heavy (non-hydrogen) atoms. The number of piperidine rings is 1. The van der Waals surface area contributed by atoms with E-state index in [0.717, 1.165) is 19.3 Å². The molecule has 1 fully saturated rings. The number of aromatic nitrogens is 1. The molecule has 0 bridgehead atoms. The number of methoxy groups -OCH3 is 1. The van der Waals surface area contributed by atoms with E-state index in [4.69, 9.17) is 0 Å². The predicted octanol–water partition coefficient (Wildman–Crippen LogP) is 1.57. The monoisotopic (exact) mass is 250 g/mol. The summed E-state index contributed by atoms with van der Waals surface area (Å²) in [6.45, 7) is 0.708. The lowest BCUT2D eigenvalue weighted by atomic mass is 9.99. The fraction of sp³-hybridized carbons (Fsp3) is 0.538. The fourth-order valence-electron chi connectivity index (χ4n) is 2.37. The van der Waals surface area contributed by atoms with E-state index in [0.29, 0.717) is 12.2 Å². The van der Waals surface area contributed by atoms with Crippen molar-refractivity contribution in [3.63, 3.8) is 0 Å². The molecule has 0 aliphatic carbocycles. The van der Waals surface area contributed by atoms with Gasteiger partial charge in [-0.1, -0.05) is 0 Å². The minimum absolute atomic E-state index is 0.0337. The molecule has 98 valence electrons. The lowest BCUT2D eigenvalue weighted by Gasteiger charge is -2.34. The molecule has 2 rings (SSSR count). The zero-order chi connectivity index (χ0) is 13.0. The second kappa shape index (κ2) is 5.71. The summed E-state index contributed by atoms with van der Waals surface area (Å²) >= 11 is 0. The number of H-pyrrole nitrogens is 1. The summed E-state index contributed by atoms with van der Waals surface area (Å²) in [6.07, 6.45) is 4.91. The highest BCUT2D eigenvalue weighted by molar-refractivity contribution is 5.93. The van der Waals surface area contributed by atoms with Gasteiger partial charge in [-0.25, -0.2) is 0 Å². The molecule has 5 nitrogen and oxygen atoms in total. The van der Waals surface area contributed by atoms with E-state index in [2.05, 4.69) is 9.72 Å². The second-order valence-electron chi connectivity index (χ2n) is 4.51. The standard InChI is InChI=1S/C13H18N2O3/c1-18-12(16)9-10-5-2-3-8-15(10)13(17)11-6-4-7-14-11/h4,6-7,10,14H,2-3,5,8-9H2,1H3. The van der Waals surface area contributed by atoms with Crippen molar-refractivity contribution >= 4 is 11.9 Å². The van der Waals surface area contributed by atoms with Crippen LogP contribution >= 0.6 is 0 Å². The molecule has 0 spiro atoms. The third kappa shape index (κ3) is 2.72. The molecule has 1 N–H and O–H groups in total. The molecule has 1 unspecified atom stereocenters. The minimum Gasteiger partial charge on any atom is -0.469 e. The van der Waals surface area contributed by atoms with Gasteiger partial charge in [-0.05, 0) is 31.4 Å². The summed E-state index contributed by atoms with van der Waals surface area (Å²) in [5, 5.41) is 0. The van der Waals surface area contributed by atoms with Gasteiger partial charge in [0.15, 0.2) is 0 Å². The van der Waals surface area contributed by atoms with E-state index < -0.39 is 0 Å². The van der Waals surface area contributed by atoms with Crippen LogP contribution in [0.25, 0.3) is 0 Å². The first-order valence-corrected chi connectivity index (χ1v) is 6.23. The Balaban J connectivity index is 2.08. The van der Waals surface area contributed by atoms with E-state index in [1.54, 1.807) is 23.2 Å². The van der Waals surface area contributed by atoms with Crippen molar-refractivity contribution in [3.8, 4) is 0 Å². The number of nitrogens with one attached hydrogen (secondary N) is 1. The number of rotatable bonds is 3. The highest BCUT2D eigenvalue weighted by atomic mass is 16.5. The second-order valence-corrected chi connectivity index (χ2v) is 4.51. The summed E-state index contributed by atoms with van der Waals surface area (Å²) in [7, 11) is 1.38. The first kappa shape index (κ1) is 12.7. The van der Waals surface area contributed by atoms with Crippen LogP contribution in [0.4, 0.5) is 0 Å². The fourth-order valence-corrected chi connectivity index (χ4v) is 2.37. The number of carbonyl (C=O) groups is 2. The Morgan fingerprint density at radius 2 is 2.33 bits per heavy atom. The third-order valence-electron chi connectivity index (χ3n) is 3.35. The number of hydrogen-bond acceptors (Lipinski definition) is 3. The van der Waals surface area contributed by atoms with Crippen molar-refractivity contribution in [2.45, 2.75) is 31.7 Å². The lowest BCUT2D eigenvalue weighted by molar-refractivity contribution is -0.142. The van der Waals surface area contributed by atoms with Crippen LogP contribution in [0.15, 0.2) is 18.3 Å². The Morgan fingerprint density at radius 3 is 3.00 bits per heavy atom. The first-order valence-electron chi connectivity index (χ1n) is 6.23. The number of nitrogens with zero attached hydrogens (tertiary/aromatic N) is 1. The molecule has 0 aromatic carbocycles. The molecular formula is C13H18N2O3. The molecule has 1 amide bonds. The van der Waals surface area contributed by atoms with Crippen molar-refractivity contribution in [2.75, 3.05) is 13.7 Å². The highest BCUT2D eigenvalue weighted by Crippen LogP contribution is 2.21. The number of esters is 1. The number of carbonyl (C=O) groups excluding carboxylic acids is 2. The summed E-state index contributed by atoms with van der Waals surface area (Å²) in [5.74, 6) is -0.292. The normalized spacial score (nSPS) is 19.6. The lowest BCUT2D eigenvalue weighted by Crippen LogP contribution is -2.45. The van der Waals surface area contributed by atoms with Crippen LogP contribution in [-0.2, 0) is 9.53 Å². The number of likely N-dealkylation sites (tertiary alicyclic amines) is 1. The average molecular weight is 250 g/mol. The summed E-state index contributed by atoms with van der Waals surface area (Å²) in [5.41, 5.74) is 0.576. The van der Waals surface area contributed by atoms with Crippen LogP contribution in [0.3, 0.4) is 0 Å². The zero-order valence-corrected chi connectivity index (χ0v) is 10.5. The molecule has 1 aromatic heterocycles. The third-order valence-corrected chi connectivity index (χ3v) is 3.35. The van der Waals surface area contributed by atoms with Crippen molar-refractivity contribution in [3.05, 3.63) is 24.0 Å². The van der Waals surface area contributed by atoms with Gasteiger partial charge in [0, 0.05) is 18.8 Å². The smallest absolute Gasteiger partial charge is 0.307 e. The number of aromatic amines is 1. The van der Waals surface area contributed by atoms with Crippen LogP contribution in [0.2, 0.25) is 0 Å². The molecule has 2 heterocycles. The van der Waals surface area contributed by atoms with Gasteiger partial charge in [0.25, 0.3) is 5.91 Å². The van der Waals surface area contributed by atoms with Gasteiger partial charge in [0.05, 0.1) is 13.5 Å². The maximum atomic E-state index is 12.3. The van der Waals surface area contributed by atoms with Gasteiger partial charge in [-0.15, -0.1) is 0 Å². The van der Waals surface area contributed by atoms with Crippen LogP contribution in [0.1, 0.15) is 36.2 Å². The van der Waals surface area contributed by atoms with E-state index in [9.17, 15) is 9.59 Å². The van der Waals surface area contributed by atoms with Crippen LogP contribution in [0, 0.1) is 0 Å². The molecule has 1 saturated heterocycles. The maximum Gasteiger partial charge on any atom is 0.307 e. The highest BCUT2D eigenvalue weighted by Gasteiger charge is 2.29. The first-order chi connectivity index (χ1) is 8.72. The van der Waals surface area contributed by atoms with Gasteiger partial charge in [-0.3, -0.25) is 9.59 Å². The van der Waals surface area contributed by atoms with Crippen molar-refractivity contribution in [1.82, 2.24) is 9.88 Å². The Kier molecular flexibility index (Phi) is 4.02. The van der Waals surface area contributed by atoms with Crippen molar-refractivity contribution in [2.24, 2.45) is 0 Å². The molecule has 0 radical (unpaired) electrons. The molecule has 1 aliphatic rings. The Labute approximate surface area is 106 Å². The molecule has 1 aliphatic heterocycles. The van der Waals surface area contributed by atoms with Crippen LogP contribution in [-0.4, -0.2) is 41.5 Å². The summed E-state index contributed by atoms with van der Waals surface area (Å²) < 4.78 is 4.69. The van der Waals surface area contributed by atoms with Crippen molar-refractivity contribution < 1.29 is 14.3 Å². The molecular weight excluding hydrogens is 232 g/mol. The van der Waals surface area contributed by atoms with E-state index in [1.807, 2.05) is 0 Å². The summed E-state index contributed by atoms with van der Waals surface area (Å²) in [6, 6.07) is 3.51. The Hall–Kier alpha value is -1.78. The maximum absolute atomic E-state index is 12.3. The number of hydrogen-bond donors (Lipinski definition) is 1. The van der Waals surface area contributed by atoms with Gasteiger partial charge >= 0.3 is 5.97 Å². The Bertz CT molecular complexity index is 414. The quantitative estimate of drug-likeness (QED) is 0.828. The minimum atomic E-state index is -0.258. The number of ether oxygens (including phenoxy) is 1. The van der Waals surface area contributed by atoms with Gasteiger partial charge in [0.2, 0.25) is 0 Å². The van der Waals surface area contributed by atoms with Gasteiger partial charge < -0.3 is 14.6 Å². The number of amides is 1. The van der Waals surface area contributed by atoms with E-state index in [1.165, 1.54) is 7.11 Å². The predicted molar refractivity (Wildman–Crippen MR) is 66.1 cm³/mol. The van der Waals surface area contributed by atoms with Crippen LogP contribution in [0.5, 0.6) is 0 Å². The molecule has 0 saturated carbocycles. The largest absolute Gasteiger partial charge is 0.469 e. The molecule has 5 heteroatoms. The van der Waals surface area contributed by atoms with Crippen LogP contribution < -0.4 is 0 Å². The van der Waals surface area contributed by atoms with Gasteiger partial charge in [-0.2, -0.15) is 0 Å². The molecule has 1 aromatic rings. The van der Waals surface area contributed by atoms with E-state index >= 15 is 0 Å². The van der Waals surface area contributed by atoms with E-state index in [-0.39, 0.29) is 24.3 Å². The topological polar surface area (TPSA) is 62.4 Å². The summed E-state index contributed by atoms with van der Waals surface area (Å²) in [4.78, 5) is 28.3. The SMILES string of the molecule is COC(=O)CC1CCCCN1C(=O)c1ccc[nH]1.